The number of nitrogens with two attached hydrogens (primary N) is 1. The number of rotatable bonds is 5. The summed E-state index contributed by atoms with van der Waals surface area (Å²) >= 11 is 0. The number of ether oxygens (including phenoxy) is 2. The Balaban J connectivity index is 2.23. The molecule has 0 bridgehead atoms. The van der Waals surface area contributed by atoms with E-state index in [0.29, 0.717) is 31.2 Å². The summed E-state index contributed by atoms with van der Waals surface area (Å²) in [6, 6.07) is 0.542. The molecule has 4 heteroatoms. The van der Waals surface area contributed by atoms with E-state index >= 15 is 0 Å². The molecule has 1 saturated carbocycles. The van der Waals surface area contributed by atoms with Gasteiger partial charge in [-0.1, -0.05) is 13.8 Å². The zero-order valence-electron chi connectivity index (χ0n) is 12.0. The second kappa shape index (κ2) is 5.87. The lowest BCUT2D eigenvalue weighted by molar-refractivity contribution is -0.126. The monoisotopic (exact) mass is 256 g/mol. The smallest absolute Gasteiger partial charge is 0.0731 e. The van der Waals surface area contributed by atoms with Gasteiger partial charge in [0.2, 0.25) is 0 Å². The Morgan fingerprint density at radius 3 is 2.83 bits per heavy atom. The molecule has 0 spiro atoms. The fourth-order valence-electron chi connectivity index (χ4n) is 3.72. The minimum absolute atomic E-state index is 0.0359. The normalized spacial score (nSPS) is 32.5. The van der Waals surface area contributed by atoms with Crippen LogP contribution in [0.3, 0.4) is 0 Å². The Hall–Kier alpha value is -0.160. The zero-order chi connectivity index (χ0) is 13.2. The Labute approximate surface area is 111 Å². The van der Waals surface area contributed by atoms with Gasteiger partial charge in [-0.3, -0.25) is 4.90 Å². The van der Waals surface area contributed by atoms with Crippen LogP contribution >= 0.6 is 0 Å². The first-order valence-electron chi connectivity index (χ1n) is 7.23. The molecule has 18 heavy (non-hydrogen) atoms. The summed E-state index contributed by atoms with van der Waals surface area (Å²) in [4.78, 5) is 2.60. The largest absolute Gasteiger partial charge is 0.383 e. The molecule has 0 aromatic carbocycles. The van der Waals surface area contributed by atoms with E-state index in [0.717, 1.165) is 13.2 Å². The van der Waals surface area contributed by atoms with Gasteiger partial charge >= 0.3 is 0 Å². The highest BCUT2D eigenvalue weighted by Gasteiger charge is 2.47. The van der Waals surface area contributed by atoms with Crippen molar-refractivity contribution in [3.63, 3.8) is 0 Å². The molecule has 4 nitrogen and oxygen atoms in total. The lowest BCUT2D eigenvalue weighted by Crippen LogP contribution is -2.67. The van der Waals surface area contributed by atoms with Gasteiger partial charge in [0.15, 0.2) is 0 Å². The van der Waals surface area contributed by atoms with Gasteiger partial charge in [0.1, 0.15) is 0 Å². The number of hydrogen-bond donors (Lipinski definition) is 1. The molecule has 3 unspecified atom stereocenters. The van der Waals surface area contributed by atoms with Gasteiger partial charge in [0, 0.05) is 26.2 Å². The lowest BCUT2D eigenvalue weighted by Gasteiger charge is -2.52. The second-order valence-corrected chi connectivity index (χ2v) is 6.00. The van der Waals surface area contributed by atoms with Crippen molar-refractivity contribution in [3.8, 4) is 0 Å². The first-order valence-corrected chi connectivity index (χ1v) is 7.23. The van der Waals surface area contributed by atoms with E-state index in [1.165, 1.54) is 19.3 Å². The molecule has 0 amide bonds. The molecule has 106 valence electrons. The van der Waals surface area contributed by atoms with Crippen LogP contribution in [-0.2, 0) is 9.47 Å². The van der Waals surface area contributed by atoms with Crippen molar-refractivity contribution >= 4 is 0 Å². The Morgan fingerprint density at radius 2 is 2.22 bits per heavy atom. The summed E-state index contributed by atoms with van der Waals surface area (Å²) in [7, 11) is 1.78. The SMILES string of the molecule is COCC(CN)(C(C)C)N1CCOC2CCCC21. The van der Waals surface area contributed by atoms with Crippen molar-refractivity contribution in [2.75, 3.05) is 33.4 Å². The molecular formula is C14H28N2O2. The fourth-order valence-corrected chi connectivity index (χ4v) is 3.72. The molecule has 1 heterocycles. The molecule has 1 aliphatic heterocycles. The van der Waals surface area contributed by atoms with Crippen molar-refractivity contribution in [2.45, 2.75) is 50.8 Å². The van der Waals surface area contributed by atoms with E-state index in [-0.39, 0.29) is 5.54 Å². The molecule has 1 aliphatic carbocycles. The molecule has 3 atom stereocenters. The molecule has 1 saturated heterocycles. The van der Waals surface area contributed by atoms with E-state index in [1.807, 2.05) is 0 Å². The van der Waals surface area contributed by atoms with Crippen LogP contribution in [0.2, 0.25) is 0 Å². The first kappa shape index (κ1) is 14.3. The van der Waals surface area contributed by atoms with Crippen LogP contribution in [-0.4, -0.2) is 56.0 Å². The topological polar surface area (TPSA) is 47.7 Å². The molecule has 0 radical (unpaired) electrons. The minimum Gasteiger partial charge on any atom is -0.383 e. The zero-order valence-corrected chi connectivity index (χ0v) is 12.0. The molecule has 2 rings (SSSR count). The predicted octanol–water partition coefficient (Wildman–Crippen LogP) is 1.24. The Kier molecular flexibility index (Phi) is 4.64. The van der Waals surface area contributed by atoms with Crippen molar-refractivity contribution < 1.29 is 9.47 Å². The first-order chi connectivity index (χ1) is 8.65. The van der Waals surface area contributed by atoms with Crippen molar-refractivity contribution in [3.05, 3.63) is 0 Å². The van der Waals surface area contributed by atoms with Crippen LogP contribution < -0.4 is 5.73 Å². The van der Waals surface area contributed by atoms with E-state index in [9.17, 15) is 0 Å². The van der Waals surface area contributed by atoms with Crippen LogP contribution in [0.4, 0.5) is 0 Å². The van der Waals surface area contributed by atoms with Gasteiger partial charge in [-0.15, -0.1) is 0 Å². The lowest BCUT2D eigenvalue weighted by atomic mass is 9.83. The molecule has 0 aromatic rings. The average molecular weight is 256 g/mol. The van der Waals surface area contributed by atoms with E-state index < -0.39 is 0 Å². The van der Waals surface area contributed by atoms with Gasteiger partial charge in [0.25, 0.3) is 0 Å². The van der Waals surface area contributed by atoms with Crippen LogP contribution in [0, 0.1) is 5.92 Å². The van der Waals surface area contributed by atoms with Crippen molar-refractivity contribution in [1.29, 1.82) is 0 Å². The minimum atomic E-state index is -0.0359. The van der Waals surface area contributed by atoms with Crippen LogP contribution in [0.1, 0.15) is 33.1 Å². The van der Waals surface area contributed by atoms with Gasteiger partial charge in [0.05, 0.1) is 24.9 Å². The fraction of sp³-hybridized carbons (Fsp3) is 1.00. The highest BCUT2D eigenvalue weighted by atomic mass is 16.5. The number of morpholine rings is 1. The maximum absolute atomic E-state index is 6.15. The summed E-state index contributed by atoms with van der Waals surface area (Å²) in [6.07, 6.45) is 4.13. The maximum atomic E-state index is 6.15. The van der Waals surface area contributed by atoms with Crippen LogP contribution in [0.5, 0.6) is 0 Å². The average Bonchev–Trinajstić information content (AvgIpc) is 2.83. The quantitative estimate of drug-likeness (QED) is 0.804. The third-order valence-corrected chi connectivity index (χ3v) is 4.88. The standard InChI is InChI=1S/C14H28N2O2/c1-11(2)14(9-15,10-17-3)16-7-8-18-13-6-4-5-12(13)16/h11-13H,4-10,15H2,1-3H3. The van der Waals surface area contributed by atoms with Gasteiger partial charge in [-0.2, -0.15) is 0 Å². The van der Waals surface area contributed by atoms with E-state index in [4.69, 9.17) is 15.2 Å². The van der Waals surface area contributed by atoms with Gasteiger partial charge in [-0.25, -0.2) is 0 Å². The Morgan fingerprint density at radius 1 is 1.44 bits per heavy atom. The van der Waals surface area contributed by atoms with Crippen LogP contribution in [0.25, 0.3) is 0 Å². The maximum Gasteiger partial charge on any atom is 0.0731 e. The number of hydrogen-bond acceptors (Lipinski definition) is 4. The Bertz CT molecular complexity index is 273. The highest BCUT2D eigenvalue weighted by molar-refractivity contribution is 5.02. The summed E-state index contributed by atoms with van der Waals surface area (Å²) < 4.78 is 11.4. The molecule has 2 aliphatic rings. The van der Waals surface area contributed by atoms with Crippen LogP contribution in [0.15, 0.2) is 0 Å². The number of fused-ring (bicyclic) bond motifs is 1. The summed E-state index contributed by atoms with van der Waals surface area (Å²) in [5, 5.41) is 0. The third-order valence-electron chi connectivity index (χ3n) is 4.88. The van der Waals surface area contributed by atoms with Crippen molar-refractivity contribution in [1.82, 2.24) is 4.90 Å². The number of methoxy groups -OCH3 is 1. The van der Waals surface area contributed by atoms with E-state index in [1.54, 1.807) is 7.11 Å². The summed E-state index contributed by atoms with van der Waals surface area (Å²) in [6.45, 7) is 7.70. The second-order valence-electron chi connectivity index (χ2n) is 6.00. The summed E-state index contributed by atoms with van der Waals surface area (Å²) in [5.74, 6) is 0.488. The predicted molar refractivity (Wildman–Crippen MR) is 72.6 cm³/mol. The molecule has 0 aromatic heterocycles. The van der Waals surface area contributed by atoms with Gasteiger partial charge in [-0.05, 0) is 25.2 Å². The molecule has 2 N–H and O–H groups in total. The van der Waals surface area contributed by atoms with Crippen molar-refractivity contribution in [2.24, 2.45) is 11.7 Å². The number of nitrogens with zero attached hydrogens (tertiary/aromatic N) is 1. The molecule has 2 fully saturated rings. The third kappa shape index (κ3) is 2.31. The van der Waals surface area contributed by atoms with Gasteiger partial charge < -0.3 is 15.2 Å². The highest BCUT2D eigenvalue weighted by Crippen LogP contribution is 2.37. The summed E-state index contributed by atoms with van der Waals surface area (Å²) in [5.41, 5.74) is 6.11. The van der Waals surface area contributed by atoms with E-state index in [2.05, 4.69) is 18.7 Å². The molecular weight excluding hydrogens is 228 g/mol.